The largest absolute Gasteiger partial charge is 0.468 e. The van der Waals surface area contributed by atoms with Crippen molar-refractivity contribution >= 4 is 11.7 Å². The normalized spacial score (nSPS) is 10.4. The van der Waals surface area contributed by atoms with E-state index in [1.54, 1.807) is 11.9 Å². The zero-order valence-corrected chi connectivity index (χ0v) is 10.1. The van der Waals surface area contributed by atoms with Gasteiger partial charge in [-0.1, -0.05) is 0 Å². The fourth-order valence-electron chi connectivity index (χ4n) is 1.48. The minimum atomic E-state index is -0.675. The first-order valence-corrected chi connectivity index (χ1v) is 5.11. The fourth-order valence-corrected chi connectivity index (χ4v) is 1.48. The van der Waals surface area contributed by atoms with Crippen LogP contribution < -0.4 is 0 Å². The monoisotopic (exact) mass is 256 g/mol. The van der Waals surface area contributed by atoms with Crippen molar-refractivity contribution in [2.45, 2.75) is 6.54 Å². The van der Waals surface area contributed by atoms with Gasteiger partial charge in [0.05, 0.1) is 24.6 Å². The molecule has 0 aliphatic rings. The number of non-ortho nitro benzene ring substituents is 1. The number of carbonyl (C=O) groups is 1. The van der Waals surface area contributed by atoms with Crippen LogP contribution in [0.5, 0.6) is 0 Å². The Morgan fingerprint density at radius 2 is 2.17 bits per heavy atom. The Hall–Kier alpha value is -2.02. The van der Waals surface area contributed by atoms with E-state index in [0.29, 0.717) is 5.56 Å². The number of ether oxygens (including phenoxy) is 1. The Bertz CT molecular complexity index is 464. The Morgan fingerprint density at radius 3 is 2.72 bits per heavy atom. The van der Waals surface area contributed by atoms with E-state index < -0.39 is 16.7 Å². The predicted octanol–water partition coefficient (Wildman–Crippen LogP) is 1.34. The van der Waals surface area contributed by atoms with Gasteiger partial charge in [-0.05, 0) is 18.7 Å². The molecule has 0 unspecified atom stereocenters. The van der Waals surface area contributed by atoms with E-state index in [1.165, 1.54) is 19.2 Å². The molecule has 1 rings (SSSR count). The lowest BCUT2D eigenvalue weighted by Gasteiger charge is -2.14. The number of nitrogens with zero attached hydrogens (tertiary/aromatic N) is 2. The van der Waals surface area contributed by atoms with E-state index in [2.05, 4.69) is 4.74 Å². The maximum Gasteiger partial charge on any atom is 0.319 e. The third-order valence-corrected chi connectivity index (χ3v) is 2.23. The van der Waals surface area contributed by atoms with Gasteiger partial charge in [0, 0.05) is 12.6 Å². The van der Waals surface area contributed by atoms with Crippen LogP contribution in [0.15, 0.2) is 18.2 Å². The van der Waals surface area contributed by atoms with Crippen LogP contribution >= 0.6 is 0 Å². The molecule has 98 valence electrons. The number of hydrogen-bond acceptors (Lipinski definition) is 5. The summed E-state index contributed by atoms with van der Waals surface area (Å²) in [6.45, 7) is 0.245. The van der Waals surface area contributed by atoms with Crippen molar-refractivity contribution < 1.29 is 18.8 Å². The number of carbonyl (C=O) groups excluding carboxylic acids is 1. The van der Waals surface area contributed by atoms with E-state index in [-0.39, 0.29) is 18.8 Å². The number of halogens is 1. The summed E-state index contributed by atoms with van der Waals surface area (Å²) in [5, 5.41) is 10.6. The van der Waals surface area contributed by atoms with E-state index in [1.807, 2.05) is 0 Å². The molecule has 0 amide bonds. The van der Waals surface area contributed by atoms with Gasteiger partial charge in [0.15, 0.2) is 0 Å². The lowest BCUT2D eigenvalue weighted by molar-refractivity contribution is -0.385. The molecule has 0 bridgehead atoms. The Morgan fingerprint density at radius 1 is 1.50 bits per heavy atom. The summed E-state index contributed by atoms with van der Waals surface area (Å²) in [6, 6.07) is 3.32. The molecular weight excluding hydrogens is 243 g/mol. The number of nitro groups is 1. The highest BCUT2D eigenvalue weighted by molar-refractivity contribution is 5.71. The summed E-state index contributed by atoms with van der Waals surface area (Å²) in [5.74, 6) is -1.10. The molecule has 18 heavy (non-hydrogen) atoms. The van der Waals surface area contributed by atoms with Crippen molar-refractivity contribution in [3.05, 3.63) is 39.7 Å². The highest BCUT2D eigenvalue weighted by Crippen LogP contribution is 2.17. The third kappa shape index (κ3) is 4.10. The van der Waals surface area contributed by atoms with Crippen molar-refractivity contribution in [2.24, 2.45) is 0 Å². The lowest BCUT2D eigenvalue weighted by atomic mass is 10.2. The van der Waals surface area contributed by atoms with Crippen LogP contribution in [0.25, 0.3) is 0 Å². The Balaban J connectivity index is 2.78. The molecule has 0 radical (unpaired) electrons. The molecule has 6 nitrogen and oxygen atoms in total. The molecule has 0 heterocycles. The molecule has 0 spiro atoms. The average Bonchev–Trinajstić information content (AvgIpc) is 2.27. The molecule has 1 aromatic rings. The summed E-state index contributed by atoms with van der Waals surface area (Å²) in [4.78, 5) is 22.5. The van der Waals surface area contributed by atoms with E-state index in [4.69, 9.17) is 0 Å². The molecular formula is C11H13FN2O4. The highest BCUT2D eigenvalue weighted by atomic mass is 19.1. The molecule has 0 aliphatic carbocycles. The lowest BCUT2D eigenvalue weighted by Crippen LogP contribution is -2.26. The van der Waals surface area contributed by atoms with Crippen molar-refractivity contribution in [2.75, 3.05) is 20.7 Å². The second-order valence-corrected chi connectivity index (χ2v) is 3.82. The summed E-state index contributed by atoms with van der Waals surface area (Å²) >= 11 is 0. The van der Waals surface area contributed by atoms with Gasteiger partial charge in [0.1, 0.15) is 5.82 Å². The summed E-state index contributed by atoms with van der Waals surface area (Å²) in [5.41, 5.74) is 0.115. The zero-order valence-electron chi connectivity index (χ0n) is 10.1. The molecule has 0 aromatic heterocycles. The van der Waals surface area contributed by atoms with Crippen molar-refractivity contribution in [3.63, 3.8) is 0 Å². The van der Waals surface area contributed by atoms with Gasteiger partial charge < -0.3 is 4.74 Å². The second-order valence-electron chi connectivity index (χ2n) is 3.82. The van der Waals surface area contributed by atoms with Crippen LogP contribution in [0.2, 0.25) is 0 Å². The van der Waals surface area contributed by atoms with Crippen LogP contribution in [0.1, 0.15) is 5.56 Å². The van der Waals surface area contributed by atoms with Gasteiger partial charge in [-0.25, -0.2) is 4.39 Å². The van der Waals surface area contributed by atoms with Crippen molar-refractivity contribution in [3.8, 4) is 0 Å². The highest BCUT2D eigenvalue weighted by Gasteiger charge is 2.12. The molecule has 0 saturated carbocycles. The number of likely N-dealkylation sites (N-methyl/N-ethyl adjacent to an activating group) is 1. The van der Waals surface area contributed by atoms with E-state index >= 15 is 0 Å². The maximum atomic E-state index is 13.2. The quantitative estimate of drug-likeness (QED) is 0.451. The van der Waals surface area contributed by atoms with Gasteiger partial charge >= 0.3 is 5.97 Å². The van der Waals surface area contributed by atoms with E-state index in [9.17, 15) is 19.3 Å². The summed E-state index contributed by atoms with van der Waals surface area (Å²) in [7, 11) is 2.90. The van der Waals surface area contributed by atoms with Crippen LogP contribution in [0.4, 0.5) is 10.1 Å². The minimum absolute atomic E-state index is 0.0286. The van der Waals surface area contributed by atoms with E-state index in [0.717, 1.165) is 6.07 Å². The van der Waals surface area contributed by atoms with Crippen LogP contribution in [-0.4, -0.2) is 36.5 Å². The molecule has 0 N–H and O–H groups in total. The number of esters is 1. The van der Waals surface area contributed by atoms with Crippen molar-refractivity contribution in [1.29, 1.82) is 0 Å². The number of hydrogen-bond donors (Lipinski definition) is 0. The van der Waals surface area contributed by atoms with Gasteiger partial charge in [0.25, 0.3) is 5.69 Å². The summed E-state index contributed by atoms with van der Waals surface area (Å²) in [6.07, 6.45) is 0. The third-order valence-electron chi connectivity index (χ3n) is 2.23. The second kappa shape index (κ2) is 6.06. The van der Waals surface area contributed by atoms with Crippen LogP contribution in [0.3, 0.4) is 0 Å². The molecule has 0 aliphatic heterocycles. The standard InChI is InChI=1S/C11H13FN2O4/c1-13(7-11(15)18-2)6-8-3-9(12)5-10(4-8)14(16)17/h3-5H,6-7H2,1-2H3. The molecule has 7 heteroatoms. The molecule has 0 atom stereocenters. The number of nitro benzene ring substituents is 1. The Labute approximate surface area is 103 Å². The number of methoxy groups -OCH3 is 1. The SMILES string of the molecule is COC(=O)CN(C)Cc1cc(F)cc([N+](=O)[O-])c1. The number of rotatable bonds is 5. The van der Waals surface area contributed by atoms with Gasteiger partial charge in [-0.3, -0.25) is 19.8 Å². The average molecular weight is 256 g/mol. The predicted molar refractivity (Wildman–Crippen MR) is 61.4 cm³/mol. The van der Waals surface area contributed by atoms with Gasteiger partial charge in [-0.15, -0.1) is 0 Å². The topological polar surface area (TPSA) is 72.7 Å². The first-order valence-electron chi connectivity index (χ1n) is 5.11. The van der Waals surface area contributed by atoms with Crippen LogP contribution in [-0.2, 0) is 16.1 Å². The van der Waals surface area contributed by atoms with Crippen molar-refractivity contribution in [1.82, 2.24) is 4.90 Å². The fraction of sp³-hybridized carbons (Fsp3) is 0.364. The van der Waals surface area contributed by atoms with Crippen LogP contribution in [0, 0.1) is 15.9 Å². The van der Waals surface area contributed by atoms with Gasteiger partial charge in [0.2, 0.25) is 0 Å². The first kappa shape index (κ1) is 14.0. The summed E-state index contributed by atoms with van der Waals surface area (Å²) < 4.78 is 17.6. The van der Waals surface area contributed by atoms with Gasteiger partial charge in [-0.2, -0.15) is 0 Å². The first-order chi connectivity index (χ1) is 8.42. The maximum absolute atomic E-state index is 13.2. The number of benzene rings is 1. The molecule has 1 aromatic carbocycles. The Kier molecular flexibility index (Phi) is 4.73. The molecule has 0 saturated heterocycles. The molecule has 0 fully saturated rings. The minimum Gasteiger partial charge on any atom is -0.468 e. The zero-order chi connectivity index (χ0) is 13.7. The smallest absolute Gasteiger partial charge is 0.319 e.